The van der Waals surface area contributed by atoms with Gasteiger partial charge < -0.3 is 9.88 Å². The smallest absolute Gasteiger partial charge is 0.224 e. The molecule has 0 aliphatic carbocycles. The molecule has 2 heterocycles. The lowest BCUT2D eigenvalue weighted by Gasteiger charge is -2.06. The number of amides is 1. The van der Waals surface area contributed by atoms with Crippen molar-refractivity contribution < 1.29 is 4.79 Å². The summed E-state index contributed by atoms with van der Waals surface area (Å²) in [6.45, 7) is 4.86. The number of nitrogens with zero attached hydrogens (tertiary/aromatic N) is 6. The molecule has 0 radical (unpaired) electrons. The summed E-state index contributed by atoms with van der Waals surface area (Å²) in [6.07, 6.45) is 2.64. The van der Waals surface area contributed by atoms with Crippen LogP contribution in [0.1, 0.15) is 38.4 Å². The van der Waals surface area contributed by atoms with E-state index in [-0.39, 0.29) is 5.91 Å². The van der Waals surface area contributed by atoms with Gasteiger partial charge in [-0.05, 0) is 35.0 Å². The van der Waals surface area contributed by atoms with Gasteiger partial charge in [-0.25, -0.2) is 9.67 Å². The first-order chi connectivity index (χ1) is 11.5. The van der Waals surface area contributed by atoms with Gasteiger partial charge in [-0.1, -0.05) is 13.8 Å². The van der Waals surface area contributed by atoms with E-state index in [2.05, 4.69) is 44.2 Å². The average molecular weight is 327 g/mol. The predicted octanol–water partition coefficient (Wildman–Crippen LogP) is 2.10. The highest BCUT2D eigenvalue weighted by molar-refractivity contribution is 5.93. The van der Waals surface area contributed by atoms with Crippen LogP contribution in [-0.4, -0.2) is 35.7 Å². The Morgan fingerprint density at radius 3 is 2.88 bits per heavy atom. The predicted molar refractivity (Wildman–Crippen MR) is 90.5 cm³/mol. The molecule has 0 aliphatic rings. The van der Waals surface area contributed by atoms with E-state index >= 15 is 0 Å². The zero-order valence-corrected chi connectivity index (χ0v) is 14.1. The minimum absolute atomic E-state index is 0.0255. The average Bonchev–Trinajstić information content (AvgIpc) is 3.15. The van der Waals surface area contributed by atoms with Gasteiger partial charge in [0.1, 0.15) is 12.2 Å². The third-order valence-corrected chi connectivity index (χ3v) is 3.90. The van der Waals surface area contributed by atoms with Crippen molar-refractivity contribution in [3.63, 3.8) is 0 Å². The molecule has 0 bridgehead atoms. The number of hydrogen-bond donors (Lipinski definition) is 1. The number of aromatic nitrogens is 6. The van der Waals surface area contributed by atoms with E-state index in [1.54, 1.807) is 11.0 Å². The normalized spacial score (nSPS) is 11.3. The number of fused-ring (bicyclic) bond motifs is 1. The molecule has 1 aromatic carbocycles. The fourth-order valence-corrected chi connectivity index (χ4v) is 2.72. The topological polar surface area (TPSA) is 90.5 Å². The number of hydrogen-bond acceptors (Lipinski definition) is 5. The Hall–Kier alpha value is -2.77. The second-order valence-corrected chi connectivity index (χ2v) is 6.11. The number of nitrogens with one attached hydrogen (secondary N) is 1. The summed E-state index contributed by atoms with van der Waals surface area (Å²) >= 11 is 0. The first-order valence-corrected chi connectivity index (χ1v) is 8.01. The molecule has 0 aliphatic heterocycles. The zero-order chi connectivity index (χ0) is 17.1. The highest BCUT2D eigenvalue weighted by Crippen LogP contribution is 2.23. The molecular formula is C16H21N7O. The van der Waals surface area contributed by atoms with Gasteiger partial charge in [-0.15, -0.1) is 5.10 Å². The second kappa shape index (κ2) is 6.77. The van der Waals surface area contributed by atoms with Gasteiger partial charge in [-0.3, -0.25) is 4.79 Å². The molecule has 8 nitrogen and oxygen atoms in total. The van der Waals surface area contributed by atoms with Gasteiger partial charge >= 0.3 is 0 Å². The lowest BCUT2D eigenvalue weighted by atomic mass is 10.2. The van der Waals surface area contributed by atoms with E-state index in [1.165, 1.54) is 0 Å². The van der Waals surface area contributed by atoms with E-state index in [9.17, 15) is 4.79 Å². The number of imidazole rings is 1. The molecule has 2 aromatic heterocycles. The third kappa shape index (κ3) is 3.42. The molecule has 0 saturated carbocycles. The Kier molecular flexibility index (Phi) is 4.54. The van der Waals surface area contributed by atoms with E-state index in [0.717, 1.165) is 22.5 Å². The van der Waals surface area contributed by atoms with Crippen LogP contribution in [0.25, 0.3) is 11.0 Å². The summed E-state index contributed by atoms with van der Waals surface area (Å²) in [6, 6.07) is 5.82. The van der Waals surface area contributed by atoms with Crippen LogP contribution >= 0.6 is 0 Å². The third-order valence-electron chi connectivity index (χ3n) is 3.90. The standard InChI is InChI=1S/C16H21N7O/c1-11(2)16-19-13-9-12(6-7-14(13)22(16)3)18-15(24)5-4-8-23-10-17-20-21-23/h6-7,9-11H,4-5,8H2,1-3H3,(H,18,24). The van der Waals surface area contributed by atoms with Crippen molar-refractivity contribution in [3.8, 4) is 0 Å². The molecule has 1 amide bonds. The van der Waals surface area contributed by atoms with Crippen LogP contribution in [0.2, 0.25) is 0 Å². The van der Waals surface area contributed by atoms with Crippen molar-refractivity contribution in [3.05, 3.63) is 30.4 Å². The minimum Gasteiger partial charge on any atom is -0.331 e. The van der Waals surface area contributed by atoms with Crippen LogP contribution in [0.4, 0.5) is 5.69 Å². The fourth-order valence-electron chi connectivity index (χ4n) is 2.72. The van der Waals surface area contributed by atoms with Gasteiger partial charge in [0.2, 0.25) is 5.91 Å². The lowest BCUT2D eigenvalue weighted by molar-refractivity contribution is -0.116. The summed E-state index contributed by atoms with van der Waals surface area (Å²) in [5, 5.41) is 13.8. The molecule has 0 saturated heterocycles. The molecule has 3 aromatic rings. The SMILES string of the molecule is CC(C)c1nc2cc(NC(=O)CCCn3cnnn3)ccc2n1C. The maximum absolute atomic E-state index is 12.1. The molecule has 0 unspecified atom stereocenters. The molecule has 3 rings (SSSR count). The Balaban J connectivity index is 1.63. The number of benzene rings is 1. The van der Waals surface area contributed by atoms with E-state index in [1.807, 2.05) is 25.2 Å². The Bertz CT molecular complexity index is 836. The first-order valence-electron chi connectivity index (χ1n) is 8.01. The molecule has 8 heteroatoms. The molecule has 0 fully saturated rings. The van der Waals surface area contributed by atoms with Crippen molar-refractivity contribution in [1.82, 2.24) is 29.8 Å². The van der Waals surface area contributed by atoms with Crippen molar-refractivity contribution in [2.75, 3.05) is 5.32 Å². The van der Waals surface area contributed by atoms with Crippen LogP contribution < -0.4 is 5.32 Å². The number of anilines is 1. The number of rotatable bonds is 6. The number of carbonyl (C=O) groups excluding carboxylic acids is 1. The van der Waals surface area contributed by atoms with Crippen molar-refractivity contribution in [2.45, 2.75) is 39.2 Å². The van der Waals surface area contributed by atoms with E-state index < -0.39 is 0 Å². The molecule has 24 heavy (non-hydrogen) atoms. The van der Waals surface area contributed by atoms with Crippen molar-refractivity contribution in [1.29, 1.82) is 0 Å². The van der Waals surface area contributed by atoms with Gasteiger partial charge in [0.15, 0.2) is 0 Å². The second-order valence-electron chi connectivity index (χ2n) is 6.11. The van der Waals surface area contributed by atoms with Crippen LogP contribution in [-0.2, 0) is 18.4 Å². The van der Waals surface area contributed by atoms with Crippen LogP contribution in [0.3, 0.4) is 0 Å². The summed E-state index contributed by atoms with van der Waals surface area (Å²) in [5.41, 5.74) is 2.73. The monoisotopic (exact) mass is 327 g/mol. The largest absolute Gasteiger partial charge is 0.331 e. The number of aryl methyl sites for hydroxylation is 2. The fraction of sp³-hybridized carbons (Fsp3) is 0.438. The summed E-state index contributed by atoms with van der Waals surface area (Å²) in [5.74, 6) is 1.36. The van der Waals surface area contributed by atoms with Crippen LogP contribution in [0, 0.1) is 0 Å². The Morgan fingerprint density at radius 1 is 1.33 bits per heavy atom. The maximum atomic E-state index is 12.1. The molecule has 0 atom stereocenters. The summed E-state index contributed by atoms with van der Waals surface area (Å²) in [7, 11) is 2.02. The molecule has 1 N–H and O–H groups in total. The lowest BCUT2D eigenvalue weighted by Crippen LogP contribution is -2.12. The van der Waals surface area contributed by atoms with E-state index in [0.29, 0.717) is 25.3 Å². The first kappa shape index (κ1) is 16.1. The highest BCUT2D eigenvalue weighted by Gasteiger charge is 2.12. The molecular weight excluding hydrogens is 306 g/mol. The van der Waals surface area contributed by atoms with Gasteiger partial charge in [0.25, 0.3) is 0 Å². The van der Waals surface area contributed by atoms with Gasteiger partial charge in [0, 0.05) is 31.6 Å². The van der Waals surface area contributed by atoms with Crippen molar-refractivity contribution in [2.24, 2.45) is 7.05 Å². The zero-order valence-electron chi connectivity index (χ0n) is 14.1. The van der Waals surface area contributed by atoms with Gasteiger partial charge in [0.05, 0.1) is 11.0 Å². The maximum Gasteiger partial charge on any atom is 0.224 e. The Morgan fingerprint density at radius 2 is 2.17 bits per heavy atom. The summed E-state index contributed by atoms with van der Waals surface area (Å²) in [4.78, 5) is 16.7. The Labute approximate surface area is 139 Å². The molecule has 126 valence electrons. The summed E-state index contributed by atoms with van der Waals surface area (Å²) < 4.78 is 3.71. The molecule has 0 spiro atoms. The van der Waals surface area contributed by atoms with E-state index in [4.69, 9.17) is 0 Å². The number of tetrazole rings is 1. The highest BCUT2D eigenvalue weighted by atomic mass is 16.1. The van der Waals surface area contributed by atoms with Crippen molar-refractivity contribution >= 4 is 22.6 Å². The quantitative estimate of drug-likeness (QED) is 0.749. The minimum atomic E-state index is -0.0255. The van der Waals surface area contributed by atoms with Gasteiger partial charge in [-0.2, -0.15) is 0 Å². The number of carbonyl (C=O) groups is 1. The van der Waals surface area contributed by atoms with Crippen LogP contribution in [0.15, 0.2) is 24.5 Å². The van der Waals surface area contributed by atoms with Crippen LogP contribution in [0.5, 0.6) is 0 Å².